The number of carbonyl (C=O) groups excluding carboxylic acids is 1. The number of amidine groups is 1. The van der Waals surface area contributed by atoms with Gasteiger partial charge in [0.2, 0.25) is 0 Å². The number of benzene rings is 2. The van der Waals surface area contributed by atoms with Crippen LogP contribution in [0.4, 0.5) is 26.2 Å². The first-order valence-electron chi connectivity index (χ1n) is 13.4. The van der Waals surface area contributed by atoms with Gasteiger partial charge in [0.05, 0.1) is 39.9 Å². The van der Waals surface area contributed by atoms with Crippen molar-refractivity contribution in [2.24, 2.45) is 4.99 Å². The van der Waals surface area contributed by atoms with Crippen LogP contribution in [0.2, 0.25) is 0 Å². The van der Waals surface area contributed by atoms with E-state index in [-0.39, 0.29) is 16.8 Å². The summed E-state index contributed by atoms with van der Waals surface area (Å²) in [5, 5.41) is 22.4. The van der Waals surface area contributed by atoms with E-state index in [2.05, 4.69) is 32.1 Å². The van der Waals surface area contributed by atoms with Gasteiger partial charge >= 0.3 is 6.03 Å². The Morgan fingerprint density at radius 2 is 1.81 bits per heavy atom. The molecule has 0 atom stereocenters. The van der Waals surface area contributed by atoms with Crippen LogP contribution in [0, 0.1) is 24.1 Å². The van der Waals surface area contributed by atoms with E-state index in [4.69, 9.17) is 5.26 Å². The number of nitriles is 1. The molecule has 5 rings (SSSR count). The van der Waals surface area contributed by atoms with Gasteiger partial charge in [-0.3, -0.25) is 19.0 Å². The van der Waals surface area contributed by atoms with Crippen LogP contribution in [-0.4, -0.2) is 33.3 Å². The van der Waals surface area contributed by atoms with Crippen molar-refractivity contribution in [2.45, 2.75) is 46.1 Å². The van der Waals surface area contributed by atoms with E-state index in [1.807, 2.05) is 20.8 Å². The molecule has 0 unspecified atom stereocenters. The number of amides is 2. The third-order valence-corrected chi connectivity index (χ3v) is 7.10. The molecular formula is C31H31FN8O2. The third kappa shape index (κ3) is 5.51. The number of fused-ring (bicyclic) bond motifs is 1. The number of aromatic nitrogens is 3. The Bertz CT molecular complexity index is 1820. The van der Waals surface area contributed by atoms with Gasteiger partial charge in [0, 0.05) is 37.0 Å². The first kappa shape index (κ1) is 28.3. The maximum absolute atomic E-state index is 14.9. The molecule has 0 saturated carbocycles. The highest BCUT2D eigenvalue weighted by Crippen LogP contribution is 2.30. The Hall–Kier alpha value is -5.24. The normalized spacial score (nSPS) is 13.7. The summed E-state index contributed by atoms with van der Waals surface area (Å²) in [6.07, 6.45) is 4.87. The molecule has 42 heavy (non-hydrogen) atoms. The van der Waals surface area contributed by atoms with Crippen molar-refractivity contribution in [3.05, 3.63) is 87.7 Å². The highest BCUT2D eigenvalue weighted by molar-refractivity contribution is 6.02. The molecule has 0 spiro atoms. The Balaban J connectivity index is 1.44. The summed E-state index contributed by atoms with van der Waals surface area (Å²) in [7, 11) is 1.71. The maximum atomic E-state index is 14.9. The SMILES string of the molecule is CN=C1CCc2cn(-c3ccc(F)c(NC(=O)Nc4cn(C(C)(C)C)nc4-c4ccc(C#N)cc4)c3)c(=O)c(C)c2N1. The molecule has 4 aromatic rings. The van der Waals surface area contributed by atoms with Gasteiger partial charge in [-0.05, 0) is 70.0 Å². The number of carbonyl (C=O) groups is 1. The number of anilines is 3. The lowest BCUT2D eigenvalue weighted by atomic mass is 10.0. The molecule has 2 aromatic carbocycles. The Morgan fingerprint density at radius 3 is 2.48 bits per heavy atom. The highest BCUT2D eigenvalue weighted by Gasteiger charge is 2.22. The molecule has 214 valence electrons. The van der Waals surface area contributed by atoms with Crippen LogP contribution >= 0.6 is 0 Å². The lowest BCUT2D eigenvalue weighted by Gasteiger charge is -2.23. The number of hydrogen-bond donors (Lipinski definition) is 3. The number of aliphatic imine (C=N–C) groups is 1. The molecule has 1 aliphatic rings. The molecule has 2 aromatic heterocycles. The van der Waals surface area contributed by atoms with Gasteiger partial charge in [-0.15, -0.1) is 0 Å². The Kier molecular flexibility index (Phi) is 7.39. The minimum Gasteiger partial charge on any atom is -0.343 e. The fourth-order valence-corrected chi connectivity index (χ4v) is 4.75. The molecule has 10 nitrogen and oxygen atoms in total. The number of halogens is 1. The number of aryl methyl sites for hydroxylation is 1. The van der Waals surface area contributed by atoms with Crippen LogP contribution in [-0.2, 0) is 12.0 Å². The fourth-order valence-electron chi connectivity index (χ4n) is 4.75. The lowest BCUT2D eigenvalue weighted by molar-refractivity contribution is 0.262. The number of nitrogens with zero attached hydrogens (tertiary/aromatic N) is 5. The smallest absolute Gasteiger partial charge is 0.323 e. The van der Waals surface area contributed by atoms with Crippen LogP contribution < -0.4 is 21.5 Å². The highest BCUT2D eigenvalue weighted by atomic mass is 19.1. The van der Waals surface area contributed by atoms with Gasteiger partial charge in [0.1, 0.15) is 17.3 Å². The van der Waals surface area contributed by atoms with E-state index in [0.717, 1.165) is 17.1 Å². The predicted molar refractivity (Wildman–Crippen MR) is 162 cm³/mol. The van der Waals surface area contributed by atoms with Gasteiger partial charge < -0.3 is 16.0 Å². The molecule has 0 radical (unpaired) electrons. The molecule has 2 amide bonds. The van der Waals surface area contributed by atoms with E-state index < -0.39 is 11.8 Å². The second kappa shape index (κ2) is 11.0. The van der Waals surface area contributed by atoms with Gasteiger partial charge in [-0.1, -0.05) is 12.1 Å². The summed E-state index contributed by atoms with van der Waals surface area (Å²) in [6, 6.07) is 12.4. The van der Waals surface area contributed by atoms with Crippen molar-refractivity contribution in [1.82, 2.24) is 14.3 Å². The standard InChI is InChI=1S/C31H31FN8O2/c1-18-27-21(10-13-26(34-5)37-27)16-39(29(18)41)22-11-12-23(32)24(14-22)35-30(42)36-25-17-40(31(2,3)4)38-28(25)20-8-6-19(15-33)7-9-20/h6-9,11-12,14,16-17H,10,13H2,1-5H3,(H,34,37)(H2,35,36,42). The molecule has 3 heterocycles. The monoisotopic (exact) mass is 566 g/mol. The zero-order valence-corrected chi connectivity index (χ0v) is 24.0. The van der Waals surface area contributed by atoms with E-state index >= 15 is 0 Å². The largest absolute Gasteiger partial charge is 0.343 e. The first-order chi connectivity index (χ1) is 20.0. The van der Waals surface area contributed by atoms with Gasteiger partial charge in [0.25, 0.3) is 5.56 Å². The average Bonchev–Trinajstić information content (AvgIpc) is 3.40. The third-order valence-electron chi connectivity index (χ3n) is 7.10. The summed E-state index contributed by atoms with van der Waals surface area (Å²) in [4.78, 5) is 30.6. The molecule has 0 aliphatic carbocycles. The molecule has 11 heteroatoms. The van der Waals surface area contributed by atoms with Crippen molar-refractivity contribution in [2.75, 3.05) is 23.0 Å². The van der Waals surface area contributed by atoms with E-state index in [0.29, 0.717) is 46.6 Å². The van der Waals surface area contributed by atoms with Crippen molar-refractivity contribution in [3.63, 3.8) is 0 Å². The maximum Gasteiger partial charge on any atom is 0.323 e. The van der Waals surface area contributed by atoms with Crippen LogP contribution in [0.25, 0.3) is 16.9 Å². The first-order valence-corrected chi connectivity index (χ1v) is 13.4. The molecule has 3 N–H and O–H groups in total. The zero-order chi connectivity index (χ0) is 30.2. The van der Waals surface area contributed by atoms with Crippen molar-refractivity contribution in [1.29, 1.82) is 5.26 Å². The summed E-state index contributed by atoms with van der Waals surface area (Å²) in [5.74, 6) is 0.164. The molecule has 0 fully saturated rings. The average molecular weight is 567 g/mol. The van der Waals surface area contributed by atoms with Crippen molar-refractivity contribution >= 4 is 28.9 Å². The number of urea groups is 1. The molecule has 0 bridgehead atoms. The van der Waals surface area contributed by atoms with Crippen LogP contribution in [0.3, 0.4) is 0 Å². The summed E-state index contributed by atoms with van der Waals surface area (Å²) >= 11 is 0. The number of hydrogen-bond acceptors (Lipinski definition) is 5. The number of nitrogens with one attached hydrogen (secondary N) is 3. The summed E-state index contributed by atoms with van der Waals surface area (Å²) in [5.41, 5.74) is 4.02. The fraction of sp³-hybridized carbons (Fsp3) is 0.258. The zero-order valence-electron chi connectivity index (χ0n) is 24.0. The van der Waals surface area contributed by atoms with Crippen LogP contribution in [0.1, 0.15) is 43.9 Å². The van der Waals surface area contributed by atoms with Crippen LogP contribution in [0.15, 0.2) is 64.6 Å². The summed E-state index contributed by atoms with van der Waals surface area (Å²) < 4.78 is 18.1. The minimum absolute atomic E-state index is 0.0889. The number of rotatable bonds is 4. The second-order valence-electron chi connectivity index (χ2n) is 11.1. The second-order valence-corrected chi connectivity index (χ2v) is 11.1. The molecule has 0 saturated heterocycles. The molecule has 1 aliphatic heterocycles. The number of pyridine rings is 1. The Morgan fingerprint density at radius 1 is 1.10 bits per heavy atom. The quantitative estimate of drug-likeness (QED) is 0.287. The van der Waals surface area contributed by atoms with Crippen molar-refractivity contribution in [3.8, 4) is 23.0 Å². The van der Waals surface area contributed by atoms with E-state index in [1.165, 1.54) is 22.8 Å². The minimum atomic E-state index is -0.682. The van der Waals surface area contributed by atoms with Crippen LogP contribution in [0.5, 0.6) is 0 Å². The summed E-state index contributed by atoms with van der Waals surface area (Å²) in [6.45, 7) is 7.67. The van der Waals surface area contributed by atoms with E-state index in [9.17, 15) is 14.0 Å². The van der Waals surface area contributed by atoms with Crippen molar-refractivity contribution < 1.29 is 9.18 Å². The predicted octanol–water partition coefficient (Wildman–Crippen LogP) is 5.81. The van der Waals surface area contributed by atoms with Gasteiger partial charge in [-0.25, -0.2) is 9.18 Å². The van der Waals surface area contributed by atoms with Gasteiger partial charge in [0.15, 0.2) is 0 Å². The molecular weight excluding hydrogens is 535 g/mol. The van der Waals surface area contributed by atoms with Gasteiger partial charge in [-0.2, -0.15) is 10.4 Å². The lowest BCUT2D eigenvalue weighted by Crippen LogP contribution is -2.28. The van der Waals surface area contributed by atoms with E-state index in [1.54, 1.807) is 55.3 Å². The topological polar surface area (TPSA) is 129 Å². The Labute approximate surface area is 242 Å².